The minimum atomic E-state index is -0.292. The molecule has 1 aromatic carbocycles. The lowest BCUT2D eigenvalue weighted by atomic mass is 10.1. The zero-order valence-corrected chi connectivity index (χ0v) is 11.3. The van der Waals surface area contributed by atoms with Crippen molar-refractivity contribution in [1.82, 2.24) is 9.88 Å². The van der Waals surface area contributed by atoms with E-state index in [-0.39, 0.29) is 16.9 Å². The Kier molecular flexibility index (Phi) is 4.00. The molecule has 19 heavy (non-hydrogen) atoms. The summed E-state index contributed by atoms with van der Waals surface area (Å²) in [6, 6.07) is 7.31. The molecule has 2 rings (SSSR count). The maximum absolute atomic E-state index is 12.3. The number of nitrogens with one attached hydrogen (secondary N) is 1. The minimum absolute atomic E-state index is 0.206. The molecule has 0 aliphatic rings. The maximum atomic E-state index is 12.3. The fourth-order valence-corrected chi connectivity index (χ4v) is 2.08. The van der Waals surface area contributed by atoms with Crippen LogP contribution in [0.25, 0.3) is 10.9 Å². The van der Waals surface area contributed by atoms with E-state index < -0.39 is 0 Å². The van der Waals surface area contributed by atoms with Gasteiger partial charge in [0.05, 0.1) is 5.52 Å². The normalized spacial score (nSPS) is 10.6. The molecule has 1 aromatic heterocycles. The highest BCUT2D eigenvalue weighted by Gasteiger charge is 2.13. The lowest BCUT2D eigenvalue weighted by Crippen LogP contribution is -2.30. The highest BCUT2D eigenvalue weighted by atomic mass is 16.2. The van der Waals surface area contributed by atoms with Gasteiger partial charge < -0.3 is 9.88 Å². The van der Waals surface area contributed by atoms with E-state index in [1.807, 2.05) is 29.8 Å². The van der Waals surface area contributed by atoms with Crippen LogP contribution in [0.15, 0.2) is 35.3 Å². The van der Waals surface area contributed by atoms with Crippen LogP contribution in [0.2, 0.25) is 0 Å². The van der Waals surface area contributed by atoms with Gasteiger partial charge in [0.1, 0.15) is 5.56 Å². The zero-order chi connectivity index (χ0) is 13.8. The molecule has 0 aliphatic carbocycles. The standard InChI is InChI=1S/C15H18N2O2/c1-3-4-9-16-15(19)12-10-17(2)13-8-6-5-7-11(13)14(12)18/h5-8,10H,3-4,9H2,1-2H3,(H,16,19). The molecule has 0 fully saturated rings. The van der Waals surface area contributed by atoms with Gasteiger partial charge in [-0.3, -0.25) is 9.59 Å². The summed E-state index contributed by atoms with van der Waals surface area (Å²) >= 11 is 0. The van der Waals surface area contributed by atoms with E-state index in [1.165, 1.54) is 0 Å². The smallest absolute Gasteiger partial charge is 0.256 e. The Morgan fingerprint density at radius 2 is 2.05 bits per heavy atom. The van der Waals surface area contributed by atoms with Crippen molar-refractivity contribution in [2.45, 2.75) is 19.8 Å². The van der Waals surface area contributed by atoms with Gasteiger partial charge in [-0.25, -0.2) is 0 Å². The number of pyridine rings is 1. The molecule has 4 nitrogen and oxygen atoms in total. The van der Waals surface area contributed by atoms with Gasteiger partial charge in [0.2, 0.25) is 5.43 Å². The Balaban J connectivity index is 2.42. The van der Waals surface area contributed by atoms with Gasteiger partial charge in [-0.1, -0.05) is 25.5 Å². The fourth-order valence-electron chi connectivity index (χ4n) is 2.08. The Hall–Kier alpha value is -2.10. The number of amides is 1. The molecule has 0 aliphatic heterocycles. The van der Waals surface area contributed by atoms with Crippen molar-refractivity contribution in [3.05, 3.63) is 46.2 Å². The van der Waals surface area contributed by atoms with Gasteiger partial charge in [-0.15, -0.1) is 0 Å². The molecule has 0 saturated heterocycles. The first kappa shape index (κ1) is 13.3. The summed E-state index contributed by atoms with van der Waals surface area (Å²) in [5.74, 6) is -0.292. The van der Waals surface area contributed by atoms with Gasteiger partial charge >= 0.3 is 0 Å². The number of aryl methyl sites for hydroxylation is 1. The highest BCUT2D eigenvalue weighted by Crippen LogP contribution is 2.10. The molecule has 0 radical (unpaired) electrons. The second-order valence-corrected chi connectivity index (χ2v) is 4.61. The van der Waals surface area contributed by atoms with Crippen LogP contribution in [0.5, 0.6) is 0 Å². The largest absolute Gasteiger partial charge is 0.352 e. The first-order chi connectivity index (χ1) is 9.15. The van der Waals surface area contributed by atoms with Gasteiger partial charge in [-0.05, 0) is 18.6 Å². The monoisotopic (exact) mass is 258 g/mol. The van der Waals surface area contributed by atoms with Gasteiger partial charge in [0.15, 0.2) is 0 Å². The summed E-state index contributed by atoms with van der Waals surface area (Å²) in [5.41, 5.74) is 0.831. The van der Waals surface area contributed by atoms with E-state index >= 15 is 0 Å². The molecule has 100 valence electrons. The van der Waals surface area contributed by atoms with Crippen molar-refractivity contribution in [2.24, 2.45) is 7.05 Å². The maximum Gasteiger partial charge on any atom is 0.256 e. The summed E-state index contributed by atoms with van der Waals surface area (Å²) < 4.78 is 1.81. The van der Waals surface area contributed by atoms with E-state index in [2.05, 4.69) is 12.2 Å². The van der Waals surface area contributed by atoms with Gasteiger partial charge in [0.25, 0.3) is 5.91 Å². The van der Waals surface area contributed by atoms with Crippen LogP contribution in [0.4, 0.5) is 0 Å². The van der Waals surface area contributed by atoms with Crippen LogP contribution in [0.3, 0.4) is 0 Å². The average molecular weight is 258 g/mol. The van der Waals surface area contributed by atoms with E-state index in [0.717, 1.165) is 18.4 Å². The topological polar surface area (TPSA) is 51.1 Å². The molecular formula is C15H18N2O2. The van der Waals surface area contributed by atoms with Crippen molar-refractivity contribution in [1.29, 1.82) is 0 Å². The second kappa shape index (κ2) is 5.69. The highest BCUT2D eigenvalue weighted by molar-refractivity contribution is 5.97. The predicted octanol–water partition coefficient (Wildman–Crippen LogP) is 2.07. The molecule has 0 atom stereocenters. The molecule has 1 amide bonds. The number of nitrogens with zero attached hydrogens (tertiary/aromatic N) is 1. The van der Waals surface area contributed by atoms with Gasteiger partial charge in [0, 0.05) is 25.2 Å². The van der Waals surface area contributed by atoms with Crippen LogP contribution in [-0.4, -0.2) is 17.0 Å². The third kappa shape index (κ3) is 2.67. The fraction of sp³-hybridized carbons (Fsp3) is 0.333. The van der Waals surface area contributed by atoms with Crippen LogP contribution >= 0.6 is 0 Å². The van der Waals surface area contributed by atoms with Crippen LogP contribution in [0, 0.1) is 0 Å². The Morgan fingerprint density at radius 3 is 2.79 bits per heavy atom. The third-order valence-corrected chi connectivity index (χ3v) is 3.16. The number of hydrogen-bond acceptors (Lipinski definition) is 2. The number of carbonyl (C=O) groups is 1. The number of aromatic nitrogens is 1. The number of benzene rings is 1. The molecule has 0 bridgehead atoms. The van der Waals surface area contributed by atoms with Crippen molar-refractivity contribution in [3.63, 3.8) is 0 Å². The van der Waals surface area contributed by atoms with Crippen LogP contribution in [0.1, 0.15) is 30.1 Å². The van der Waals surface area contributed by atoms with Crippen molar-refractivity contribution in [2.75, 3.05) is 6.54 Å². The summed E-state index contributed by atoms with van der Waals surface area (Å²) in [6.45, 7) is 2.66. The first-order valence-corrected chi connectivity index (χ1v) is 6.51. The molecule has 1 heterocycles. The molecule has 1 N–H and O–H groups in total. The number of unbranched alkanes of at least 4 members (excludes halogenated alkanes) is 1. The van der Waals surface area contributed by atoms with E-state index in [0.29, 0.717) is 11.9 Å². The Bertz CT molecular complexity index is 659. The average Bonchev–Trinajstić information content (AvgIpc) is 2.43. The van der Waals surface area contributed by atoms with Crippen molar-refractivity contribution >= 4 is 16.8 Å². The zero-order valence-electron chi connectivity index (χ0n) is 11.3. The lowest BCUT2D eigenvalue weighted by Gasteiger charge is -2.09. The molecule has 2 aromatic rings. The predicted molar refractivity (Wildman–Crippen MR) is 76.4 cm³/mol. The molecule has 0 unspecified atom stereocenters. The van der Waals surface area contributed by atoms with Crippen LogP contribution in [-0.2, 0) is 7.05 Å². The minimum Gasteiger partial charge on any atom is -0.352 e. The number of rotatable bonds is 4. The molecule has 0 spiro atoms. The number of para-hydroxylation sites is 1. The molecule has 0 saturated carbocycles. The molecular weight excluding hydrogens is 240 g/mol. The number of fused-ring (bicyclic) bond motifs is 1. The summed E-state index contributed by atoms with van der Waals surface area (Å²) in [6.07, 6.45) is 3.53. The summed E-state index contributed by atoms with van der Waals surface area (Å²) in [7, 11) is 1.84. The number of carbonyl (C=O) groups excluding carboxylic acids is 1. The molecule has 4 heteroatoms. The lowest BCUT2D eigenvalue weighted by molar-refractivity contribution is 0.0951. The summed E-state index contributed by atoms with van der Waals surface area (Å²) in [4.78, 5) is 24.3. The Labute approximate surface area is 112 Å². The van der Waals surface area contributed by atoms with E-state index in [1.54, 1.807) is 12.3 Å². The SMILES string of the molecule is CCCCNC(=O)c1cn(C)c2ccccc2c1=O. The van der Waals surface area contributed by atoms with Crippen LogP contribution < -0.4 is 10.7 Å². The van der Waals surface area contributed by atoms with E-state index in [4.69, 9.17) is 0 Å². The van der Waals surface area contributed by atoms with E-state index in [9.17, 15) is 9.59 Å². The quantitative estimate of drug-likeness (QED) is 0.853. The van der Waals surface area contributed by atoms with Crippen molar-refractivity contribution in [3.8, 4) is 0 Å². The summed E-state index contributed by atoms with van der Waals surface area (Å²) in [5, 5.41) is 3.36. The number of hydrogen-bond donors (Lipinski definition) is 1. The first-order valence-electron chi connectivity index (χ1n) is 6.51. The van der Waals surface area contributed by atoms with Crippen molar-refractivity contribution < 1.29 is 4.79 Å². The van der Waals surface area contributed by atoms with Gasteiger partial charge in [-0.2, -0.15) is 0 Å². The second-order valence-electron chi connectivity index (χ2n) is 4.61. The Morgan fingerprint density at radius 1 is 1.32 bits per heavy atom. The third-order valence-electron chi connectivity index (χ3n) is 3.16.